The number of fused-ring (bicyclic) bond motifs is 1. The van der Waals surface area contributed by atoms with Crippen LogP contribution in [0.2, 0.25) is 0 Å². The minimum absolute atomic E-state index is 0.0866. The van der Waals surface area contributed by atoms with Crippen LogP contribution >= 0.6 is 0 Å². The van der Waals surface area contributed by atoms with Crippen molar-refractivity contribution >= 4 is 11.8 Å². The number of hydrogen-bond donors (Lipinski definition) is 1. The number of nitrogens with zero attached hydrogens (tertiary/aromatic N) is 1. The van der Waals surface area contributed by atoms with Gasteiger partial charge in [0, 0.05) is 55.8 Å². The molecule has 0 aromatic heterocycles. The standard InChI is InChI=1S/C42H58N2O7/c1-41(2,3)51-40(45)44-22-21-34(30-15-18-33(19-16-30)49-25-11-24-48-28-32-12-8-9-13-37(32)47-7)39(27-44)50-38(14-10-23-46-6)31-17-20-35-36(26-31)43-29-42(35,4)5/h8-9,12-13,15-20,26,34,38-39,43H,10-11,14,21-25,27-29H2,1-7H3. The van der Waals surface area contributed by atoms with Crippen molar-refractivity contribution in [2.24, 2.45) is 0 Å². The lowest BCUT2D eigenvalue weighted by Gasteiger charge is -2.40. The molecule has 3 aromatic rings. The number of piperidine rings is 1. The Kier molecular flexibility index (Phi) is 13.3. The Balaban J connectivity index is 1.26. The molecule has 1 fully saturated rings. The molecule has 0 aliphatic carbocycles. The van der Waals surface area contributed by atoms with E-state index in [0.717, 1.165) is 54.9 Å². The molecule has 3 aromatic carbocycles. The Morgan fingerprint density at radius 3 is 2.51 bits per heavy atom. The Bertz CT molecular complexity index is 1550. The maximum atomic E-state index is 13.3. The highest BCUT2D eigenvalue weighted by Crippen LogP contribution is 2.41. The topological polar surface area (TPSA) is 87.7 Å². The lowest BCUT2D eigenvalue weighted by atomic mass is 9.85. The molecule has 1 saturated heterocycles. The van der Waals surface area contributed by atoms with Crippen LogP contribution in [0.15, 0.2) is 66.7 Å². The van der Waals surface area contributed by atoms with Gasteiger partial charge in [0.05, 0.1) is 45.7 Å². The maximum absolute atomic E-state index is 13.3. The quantitative estimate of drug-likeness (QED) is 0.149. The predicted molar refractivity (Wildman–Crippen MR) is 201 cm³/mol. The van der Waals surface area contributed by atoms with Gasteiger partial charge in [-0.1, -0.05) is 56.3 Å². The molecule has 0 bridgehead atoms. The molecule has 0 radical (unpaired) electrons. The van der Waals surface area contributed by atoms with Gasteiger partial charge < -0.3 is 38.6 Å². The van der Waals surface area contributed by atoms with Gasteiger partial charge in [0.1, 0.15) is 17.1 Å². The van der Waals surface area contributed by atoms with Crippen LogP contribution in [0.3, 0.4) is 0 Å². The number of carbonyl (C=O) groups excluding carboxylic acids is 1. The third-order valence-corrected chi connectivity index (χ3v) is 9.69. The predicted octanol–water partition coefficient (Wildman–Crippen LogP) is 8.66. The fraction of sp³-hybridized carbons (Fsp3) is 0.548. The van der Waals surface area contributed by atoms with Crippen LogP contribution in [0.1, 0.15) is 94.6 Å². The number of nitrogens with one attached hydrogen (secondary N) is 1. The molecule has 9 heteroatoms. The summed E-state index contributed by atoms with van der Waals surface area (Å²) in [5, 5.41) is 3.60. The Morgan fingerprint density at radius 1 is 0.980 bits per heavy atom. The SMILES string of the molecule is COCCCC(OC1CN(C(=O)OC(C)(C)C)CCC1c1ccc(OCCCOCc2ccccc2OC)cc1)c1ccc2c(c1)NCC2(C)C. The van der Waals surface area contributed by atoms with Crippen molar-refractivity contribution in [3.8, 4) is 11.5 Å². The van der Waals surface area contributed by atoms with Crippen LogP contribution in [-0.4, -0.2) is 76.4 Å². The smallest absolute Gasteiger partial charge is 0.410 e. The van der Waals surface area contributed by atoms with Gasteiger partial charge in [-0.3, -0.25) is 0 Å². The Morgan fingerprint density at radius 2 is 1.76 bits per heavy atom. The molecule has 2 aliphatic rings. The summed E-state index contributed by atoms with van der Waals surface area (Å²) in [6.45, 7) is 14.5. The summed E-state index contributed by atoms with van der Waals surface area (Å²) in [5.74, 6) is 1.75. The molecule has 3 atom stereocenters. The molecule has 3 unspecified atom stereocenters. The van der Waals surface area contributed by atoms with E-state index < -0.39 is 5.60 Å². The minimum atomic E-state index is -0.574. The highest BCUT2D eigenvalue weighted by Gasteiger charge is 2.37. The van der Waals surface area contributed by atoms with E-state index in [1.165, 1.54) is 16.8 Å². The highest BCUT2D eigenvalue weighted by molar-refractivity contribution is 5.68. The number of hydrogen-bond acceptors (Lipinski definition) is 8. The first-order valence-electron chi connectivity index (χ1n) is 18.4. The van der Waals surface area contributed by atoms with Crippen molar-refractivity contribution in [2.45, 2.75) is 96.1 Å². The van der Waals surface area contributed by atoms with Crippen LogP contribution in [-0.2, 0) is 31.0 Å². The second-order valence-corrected chi connectivity index (χ2v) is 15.3. The van der Waals surface area contributed by atoms with Crippen molar-refractivity contribution < 1.29 is 33.2 Å². The first-order valence-corrected chi connectivity index (χ1v) is 18.4. The van der Waals surface area contributed by atoms with Gasteiger partial charge in [-0.25, -0.2) is 4.79 Å². The second kappa shape index (κ2) is 17.6. The van der Waals surface area contributed by atoms with Crippen molar-refractivity contribution in [2.75, 3.05) is 59.0 Å². The minimum Gasteiger partial charge on any atom is -0.496 e. The van der Waals surface area contributed by atoms with Crippen LogP contribution in [0.25, 0.3) is 0 Å². The average molecular weight is 703 g/mol. The maximum Gasteiger partial charge on any atom is 0.410 e. The number of likely N-dealkylation sites (tertiary alicyclic amines) is 1. The van der Waals surface area contributed by atoms with E-state index in [-0.39, 0.29) is 29.6 Å². The molecular weight excluding hydrogens is 644 g/mol. The van der Waals surface area contributed by atoms with Crippen molar-refractivity contribution in [1.82, 2.24) is 4.90 Å². The molecule has 2 heterocycles. The van der Waals surface area contributed by atoms with Gasteiger partial charge in [0.25, 0.3) is 0 Å². The van der Waals surface area contributed by atoms with E-state index in [4.69, 9.17) is 28.4 Å². The van der Waals surface area contributed by atoms with Gasteiger partial charge in [0.2, 0.25) is 0 Å². The zero-order chi connectivity index (χ0) is 36.4. The van der Waals surface area contributed by atoms with E-state index in [9.17, 15) is 4.79 Å². The molecule has 0 saturated carbocycles. The normalized spacial score (nSPS) is 18.8. The zero-order valence-corrected chi connectivity index (χ0v) is 31.7. The number of carbonyl (C=O) groups is 1. The lowest BCUT2D eigenvalue weighted by molar-refractivity contribution is -0.0692. The first-order chi connectivity index (χ1) is 24.5. The molecule has 1 amide bonds. The number of rotatable bonds is 16. The summed E-state index contributed by atoms with van der Waals surface area (Å²) in [6.07, 6.45) is 2.51. The zero-order valence-electron chi connectivity index (χ0n) is 31.7. The van der Waals surface area contributed by atoms with Crippen LogP contribution in [0, 0.1) is 0 Å². The molecular formula is C42H58N2O7. The fourth-order valence-corrected chi connectivity index (χ4v) is 6.94. The lowest BCUT2D eigenvalue weighted by Crippen LogP contribution is -2.48. The molecule has 51 heavy (non-hydrogen) atoms. The van der Waals surface area contributed by atoms with E-state index in [2.05, 4.69) is 49.5 Å². The molecule has 0 spiro atoms. The average Bonchev–Trinajstić information content (AvgIpc) is 3.42. The van der Waals surface area contributed by atoms with Gasteiger partial charge >= 0.3 is 6.09 Å². The van der Waals surface area contributed by atoms with Gasteiger partial charge in [-0.15, -0.1) is 0 Å². The van der Waals surface area contributed by atoms with Gasteiger partial charge in [0.15, 0.2) is 0 Å². The highest BCUT2D eigenvalue weighted by atomic mass is 16.6. The third kappa shape index (κ3) is 10.6. The van der Waals surface area contributed by atoms with Crippen molar-refractivity contribution in [1.29, 1.82) is 0 Å². The van der Waals surface area contributed by atoms with E-state index in [1.54, 1.807) is 19.1 Å². The Hall–Kier alpha value is -3.79. The van der Waals surface area contributed by atoms with Crippen LogP contribution in [0.4, 0.5) is 10.5 Å². The first kappa shape index (κ1) is 38.4. The summed E-state index contributed by atoms with van der Waals surface area (Å²) in [7, 11) is 3.41. The van der Waals surface area contributed by atoms with E-state index >= 15 is 0 Å². The summed E-state index contributed by atoms with van der Waals surface area (Å²) in [4.78, 5) is 15.1. The van der Waals surface area contributed by atoms with Crippen LogP contribution < -0.4 is 14.8 Å². The van der Waals surface area contributed by atoms with Crippen molar-refractivity contribution in [3.05, 3.63) is 89.0 Å². The number of ether oxygens (including phenoxy) is 6. The number of anilines is 1. The monoisotopic (exact) mass is 702 g/mol. The van der Waals surface area contributed by atoms with Gasteiger partial charge in [-0.05, 0) is 81.0 Å². The molecule has 5 rings (SSSR count). The number of amides is 1. The number of methoxy groups -OCH3 is 2. The molecule has 278 valence electrons. The summed E-state index contributed by atoms with van der Waals surface area (Å²) in [6, 6.07) is 22.9. The van der Waals surface area contributed by atoms with E-state index in [1.807, 2.05) is 57.2 Å². The fourth-order valence-electron chi connectivity index (χ4n) is 6.94. The van der Waals surface area contributed by atoms with Crippen molar-refractivity contribution in [3.63, 3.8) is 0 Å². The summed E-state index contributed by atoms with van der Waals surface area (Å²) >= 11 is 0. The van der Waals surface area contributed by atoms with Crippen LogP contribution in [0.5, 0.6) is 11.5 Å². The number of para-hydroxylation sites is 1. The molecule has 9 nitrogen and oxygen atoms in total. The molecule has 1 N–H and O–H groups in total. The van der Waals surface area contributed by atoms with Gasteiger partial charge in [-0.2, -0.15) is 0 Å². The van der Waals surface area contributed by atoms with E-state index in [0.29, 0.717) is 39.5 Å². The number of benzene rings is 3. The summed E-state index contributed by atoms with van der Waals surface area (Å²) < 4.78 is 35.7. The largest absolute Gasteiger partial charge is 0.496 e. The second-order valence-electron chi connectivity index (χ2n) is 15.3. The molecule has 2 aliphatic heterocycles. The third-order valence-electron chi connectivity index (χ3n) is 9.69. The summed E-state index contributed by atoms with van der Waals surface area (Å²) in [5.41, 5.74) is 5.36. The Labute approximate surface area is 304 Å².